The van der Waals surface area contributed by atoms with Crippen LogP contribution in [0.4, 0.5) is 5.82 Å². The van der Waals surface area contributed by atoms with Gasteiger partial charge in [0.25, 0.3) is 5.91 Å². The number of unbranched alkanes of at least 4 members (excludes halogenated alkanes) is 1. The summed E-state index contributed by atoms with van der Waals surface area (Å²) in [4.78, 5) is 91.7. The maximum Gasteiger partial charge on any atom is 0.470 e. The molecule has 2 amide bonds. The minimum Gasteiger partial charge on any atom is -0.744 e. The normalized spacial score (nSPS) is 17.2. The zero-order valence-corrected chi connectivity index (χ0v) is 51.9. The molecule has 1 aromatic heterocycles. The van der Waals surface area contributed by atoms with Gasteiger partial charge in [-0.2, -0.15) is 4.98 Å². The molecule has 88 heavy (non-hydrogen) atoms. The molecule has 3 aromatic rings. The molecular formula is C52H71N7O24P2S3. The number of rotatable bonds is 36. The molecule has 0 radical (unpaired) electrons. The number of fused-ring (bicyclic) bond motifs is 2. The van der Waals surface area contributed by atoms with Crippen LogP contribution in [0.5, 0.6) is 0 Å². The van der Waals surface area contributed by atoms with Crippen LogP contribution in [0.1, 0.15) is 72.0 Å². The SMILES string of the molecule is C/C=S(/O)CCCCN/S(=C/C)c1c2oc3c(S(=O)(=O)[O-])cccc3c(-c3ccc(C(=O)NCCOCCOCCOCCOCCC(=O)NCCCc4cn([C@@H]5O[C@H](COP(=O)(O)O)[C@H](OP(=O)(O)O)[C@@H]5O)c(=O)nc4N)cc3C(=O)O)c-2ccc1=[NH2+]. The fraction of sp³-hybridized carbons (Fsp3) is 0.462. The van der Waals surface area contributed by atoms with Crippen LogP contribution in [-0.2, 0) is 63.2 Å². The minimum atomic E-state index is -5.28. The summed E-state index contributed by atoms with van der Waals surface area (Å²) in [6.45, 7) is 4.80. The number of hydrogen-bond acceptors (Lipinski definition) is 22. The highest BCUT2D eigenvalue weighted by Crippen LogP contribution is 2.47. The fourth-order valence-electron chi connectivity index (χ4n) is 8.98. The molecular weight excluding hydrogens is 1260 g/mol. The third-order valence-electron chi connectivity index (χ3n) is 13.1. The molecule has 3 aliphatic rings. The van der Waals surface area contributed by atoms with Gasteiger partial charge in [0.05, 0.1) is 69.9 Å². The van der Waals surface area contributed by atoms with E-state index in [1.807, 2.05) is 5.37 Å². The first-order valence-corrected chi connectivity index (χ1v) is 34.3. The average Bonchev–Trinajstić information content (AvgIpc) is 0.862. The Hall–Kier alpha value is -5.53. The molecule has 14 N–H and O–H groups in total. The summed E-state index contributed by atoms with van der Waals surface area (Å²) in [5.74, 6) is -1.78. The summed E-state index contributed by atoms with van der Waals surface area (Å²) in [7, 11) is -17.2. The lowest BCUT2D eigenvalue weighted by molar-refractivity contribution is -0.176. The second kappa shape index (κ2) is 33.5. The van der Waals surface area contributed by atoms with E-state index in [4.69, 9.17) is 49.0 Å². The zero-order chi connectivity index (χ0) is 64.3. The van der Waals surface area contributed by atoms with Gasteiger partial charge in [-0.05, 0) is 80.1 Å². The van der Waals surface area contributed by atoms with Crippen molar-refractivity contribution in [2.24, 2.45) is 0 Å². The number of amides is 2. The number of aliphatic hydroxyl groups is 1. The Labute approximate surface area is 509 Å². The number of ether oxygens (including phenoxy) is 5. The van der Waals surface area contributed by atoms with Crippen molar-refractivity contribution in [3.05, 3.63) is 87.3 Å². The smallest absolute Gasteiger partial charge is 0.470 e. The Balaban J connectivity index is 0.890. The number of benzene rings is 3. The van der Waals surface area contributed by atoms with Gasteiger partial charge in [-0.15, -0.1) is 0 Å². The Morgan fingerprint density at radius 1 is 0.875 bits per heavy atom. The van der Waals surface area contributed by atoms with Crippen molar-refractivity contribution in [1.29, 1.82) is 0 Å². The zero-order valence-electron chi connectivity index (χ0n) is 47.6. The van der Waals surface area contributed by atoms with Crippen LogP contribution in [0.3, 0.4) is 0 Å². The number of aliphatic hydroxyl groups excluding tert-OH is 1. The number of carbonyl (C=O) groups is 3. The maximum absolute atomic E-state index is 13.3. The van der Waals surface area contributed by atoms with Gasteiger partial charge in [0, 0.05) is 71.7 Å². The highest BCUT2D eigenvalue weighted by atomic mass is 32.2. The molecule has 3 heterocycles. The fourth-order valence-corrected chi connectivity index (χ4v) is 12.8. The number of hydrogen-bond donors (Lipinski definition) is 12. The lowest BCUT2D eigenvalue weighted by Gasteiger charge is -2.21. The summed E-state index contributed by atoms with van der Waals surface area (Å²) >= 11 is 0. The molecule has 6 rings (SSSR count). The standard InChI is InChI=1S/C52H71N7O24P2S3/c1-3-86(72)28-6-5-18-57-87(4-2)47-38(53)15-14-36-42(35-10-7-11-40(88(73,74)75)44(35)82-45(36)47)34-13-12-32(29-37(34)51(63)64)49(62)56-19-21-77-23-25-79-27-26-78-24-22-76-20-16-41(60)55-17-8-9-33-30-59(52(65)58-48(33)54)50-43(61)46(83-85(69,70)71)39(81-50)31-80-84(66,67)68/h3-4,7,10-15,29-30,39,43,46,50,53,57,61,72H,5-6,8-9,16-28,31H2,1-2H3,(H,55,60)(H,56,62)(H,63,64)(H2,54,58,65)(H2,66,67,68)(H2,69,70,71)(H,73,74,75)/t39-,43+,46+,50-,86?,87?/m1/s1. The number of carbonyl (C=O) groups excluding carboxylic acids is 2. The molecule has 2 aliphatic heterocycles. The number of phosphoric ester groups is 2. The lowest BCUT2D eigenvalue weighted by Crippen LogP contribution is -2.46. The summed E-state index contributed by atoms with van der Waals surface area (Å²) in [5.41, 5.74) is 5.27. The molecule has 2 unspecified atom stereocenters. The molecule has 6 atom stereocenters. The molecule has 0 saturated carbocycles. The highest BCUT2D eigenvalue weighted by Gasteiger charge is 2.49. The van der Waals surface area contributed by atoms with Gasteiger partial charge >= 0.3 is 27.3 Å². The summed E-state index contributed by atoms with van der Waals surface area (Å²) in [5, 5.41) is 37.4. The minimum absolute atomic E-state index is 0.00616. The number of carboxylic acids is 1. The molecule has 36 heteroatoms. The van der Waals surface area contributed by atoms with E-state index < -0.39 is 101 Å². The highest BCUT2D eigenvalue weighted by molar-refractivity contribution is 8.13. The van der Waals surface area contributed by atoms with Crippen LogP contribution in [0.2, 0.25) is 0 Å². The van der Waals surface area contributed by atoms with Crippen molar-refractivity contribution in [3.63, 3.8) is 0 Å². The van der Waals surface area contributed by atoms with Crippen molar-refractivity contribution in [3.8, 4) is 22.5 Å². The maximum atomic E-state index is 13.3. The van der Waals surface area contributed by atoms with E-state index in [9.17, 15) is 65.8 Å². The number of para-hydroxylation sites is 1. The molecule has 1 fully saturated rings. The number of anilines is 1. The number of nitrogens with zero attached hydrogens (tertiary/aromatic N) is 2. The Morgan fingerprint density at radius 3 is 2.18 bits per heavy atom. The van der Waals surface area contributed by atoms with E-state index in [1.54, 1.807) is 31.3 Å². The van der Waals surface area contributed by atoms with Crippen LogP contribution in [0.25, 0.3) is 33.4 Å². The summed E-state index contributed by atoms with van der Waals surface area (Å²) < 4.78 is 118. The lowest BCUT2D eigenvalue weighted by atomic mass is 9.89. The summed E-state index contributed by atoms with van der Waals surface area (Å²) in [6.07, 6.45) is -4.04. The second-order valence-corrected chi connectivity index (χ2v) is 26.5. The number of nitrogen functional groups attached to an aromatic ring is 1. The molecule has 1 saturated heterocycles. The van der Waals surface area contributed by atoms with Crippen LogP contribution >= 0.6 is 37.1 Å². The van der Waals surface area contributed by atoms with E-state index in [0.29, 0.717) is 35.6 Å². The number of aromatic carboxylic acids is 1. The summed E-state index contributed by atoms with van der Waals surface area (Å²) in [6, 6.07) is 11.3. The quantitative estimate of drug-likeness (QED) is 0.00862. The van der Waals surface area contributed by atoms with Gasteiger partial charge in [-0.1, -0.05) is 39.6 Å². The topological polar surface area (TPSA) is 484 Å². The van der Waals surface area contributed by atoms with Crippen molar-refractivity contribution in [2.75, 3.05) is 90.6 Å². The van der Waals surface area contributed by atoms with Gasteiger partial charge in [0.15, 0.2) is 17.6 Å². The predicted octanol–water partition coefficient (Wildman–Crippen LogP) is 0.685. The van der Waals surface area contributed by atoms with Crippen LogP contribution in [0.15, 0.2) is 73.7 Å². The van der Waals surface area contributed by atoms with Gasteiger partial charge in [0.1, 0.15) is 39.1 Å². The van der Waals surface area contributed by atoms with Gasteiger partial charge in [-0.3, -0.25) is 33.3 Å². The average molecular weight is 1340 g/mol. The van der Waals surface area contributed by atoms with Crippen LogP contribution < -0.4 is 37.5 Å². The Morgan fingerprint density at radius 2 is 1.55 bits per heavy atom. The van der Waals surface area contributed by atoms with Gasteiger partial charge in [-0.25, -0.2) is 27.1 Å². The molecule has 2 aromatic carbocycles. The first-order valence-electron chi connectivity index (χ1n) is 27.1. The number of nitrogens with one attached hydrogen (secondary N) is 3. The second-order valence-electron chi connectivity index (χ2n) is 19.2. The van der Waals surface area contributed by atoms with Crippen molar-refractivity contribution < 1.29 is 113 Å². The largest absolute Gasteiger partial charge is 0.744 e. The van der Waals surface area contributed by atoms with Crippen molar-refractivity contribution in [2.45, 2.75) is 80.3 Å². The van der Waals surface area contributed by atoms with Crippen molar-refractivity contribution in [1.82, 2.24) is 24.9 Å². The van der Waals surface area contributed by atoms with Crippen LogP contribution in [0, 0.1) is 0 Å². The van der Waals surface area contributed by atoms with Gasteiger partial charge < -0.3 is 83.4 Å². The first kappa shape index (κ1) is 71.5. The predicted molar refractivity (Wildman–Crippen MR) is 319 cm³/mol. The molecule has 0 bridgehead atoms. The number of aryl methyl sites for hydroxylation is 1. The Bertz CT molecular complexity index is 3630. The number of carboxylic acid groups (broad SMARTS) is 1. The number of phosphoric acid groups is 2. The molecule has 0 spiro atoms. The monoisotopic (exact) mass is 1340 g/mol. The van der Waals surface area contributed by atoms with E-state index in [1.165, 1.54) is 36.5 Å². The molecule has 486 valence electrons. The van der Waals surface area contributed by atoms with Gasteiger partial charge in [0.2, 0.25) is 11.3 Å². The van der Waals surface area contributed by atoms with E-state index in [2.05, 4.69) is 29.4 Å². The van der Waals surface area contributed by atoms with E-state index in [-0.39, 0.29) is 140 Å². The third-order valence-corrected chi connectivity index (χ3v) is 18.0. The molecule has 31 nitrogen and oxygen atoms in total. The van der Waals surface area contributed by atoms with Crippen molar-refractivity contribution >= 4 is 92.5 Å². The van der Waals surface area contributed by atoms with E-state index in [0.717, 1.165) is 17.1 Å². The van der Waals surface area contributed by atoms with E-state index >= 15 is 0 Å². The number of aromatic nitrogens is 2. The molecule has 1 aliphatic carbocycles. The third kappa shape index (κ3) is 20.8. The number of nitrogens with two attached hydrogens (primary N) is 2. The first-order chi connectivity index (χ1) is 41.7. The Kier molecular flexibility index (Phi) is 27.2. The van der Waals surface area contributed by atoms with Crippen LogP contribution in [-0.4, -0.2) is 189 Å².